The van der Waals surface area contributed by atoms with Gasteiger partial charge in [-0.2, -0.15) is 0 Å². The fraction of sp³-hybridized carbons (Fsp3) is 0.130. The summed E-state index contributed by atoms with van der Waals surface area (Å²) in [5, 5.41) is 6.88. The van der Waals surface area contributed by atoms with Gasteiger partial charge in [0.2, 0.25) is 5.95 Å². The van der Waals surface area contributed by atoms with E-state index >= 15 is 0 Å². The van der Waals surface area contributed by atoms with Gasteiger partial charge in [-0.1, -0.05) is 55.5 Å². The highest BCUT2D eigenvalue weighted by Crippen LogP contribution is 2.27. The molecule has 2 aromatic heterocycles. The molecule has 7 heteroatoms. The molecule has 2 heterocycles. The molecule has 0 spiro atoms. The summed E-state index contributed by atoms with van der Waals surface area (Å²) in [5.41, 5.74) is 2.86. The average Bonchev–Trinajstić information content (AvgIpc) is 3.21. The molecule has 0 fully saturated rings. The number of nitrogens with one attached hydrogen (secondary N) is 3. The van der Waals surface area contributed by atoms with Crippen LogP contribution in [0.25, 0.3) is 22.3 Å². The van der Waals surface area contributed by atoms with Crippen LogP contribution in [-0.4, -0.2) is 32.4 Å². The topological polar surface area (TPSA) is 95.6 Å². The van der Waals surface area contributed by atoms with Crippen molar-refractivity contribution in [1.82, 2.24) is 25.3 Å². The van der Waals surface area contributed by atoms with Gasteiger partial charge in [0, 0.05) is 23.2 Å². The van der Waals surface area contributed by atoms with Crippen molar-refractivity contribution >= 4 is 28.6 Å². The highest BCUT2D eigenvalue weighted by atomic mass is 16.1. The Morgan fingerprint density at radius 2 is 1.83 bits per heavy atom. The maximum absolute atomic E-state index is 12.4. The Labute approximate surface area is 174 Å². The molecule has 0 aliphatic carbocycles. The average molecular weight is 398 g/mol. The third-order valence-corrected chi connectivity index (χ3v) is 4.63. The van der Waals surface area contributed by atoms with Crippen LogP contribution in [0.3, 0.4) is 0 Å². The lowest BCUT2D eigenvalue weighted by Gasteiger charge is -2.09. The molecule has 7 nitrogen and oxygen atoms in total. The number of hydrogen-bond acceptors (Lipinski definition) is 5. The van der Waals surface area contributed by atoms with E-state index in [1.165, 1.54) is 0 Å². The number of benzene rings is 2. The fourth-order valence-electron chi connectivity index (χ4n) is 3.16. The van der Waals surface area contributed by atoms with Crippen molar-refractivity contribution in [3.63, 3.8) is 0 Å². The number of carbonyl (C=O) groups excluding carboxylic acids is 1. The van der Waals surface area contributed by atoms with E-state index < -0.39 is 0 Å². The number of imidazole rings is 1. The lowest BCUT2D eigenvalue weighted by Crippen LogP contribution is -2.24. The van der Waals surface area contributed by atoms with Crippen LogP contribution in [-0.2, 0) is 6.42 Å². The molecule has 3 N–H and O–H groups in total. The quantitative estimate of drug-likeness (QED) is 0.405. The van der Waals surface area contributed by atoms with E-state index in [2.05, 4.69) is 27.2 Å². The van der Waals surface area contributed by atoms with Crippen LogP contribution in [0.1, 0.15) is 23.1 Å². The summed E-state index contributed by atoms with van der Waals surface area (Å²) in [6.07, 6.45) is 2.28. The van der Waals surface area contributed by atoms with Crippen molar-refractivity contribution in [2.24, 2.45) is 0 Å². The zero-order valence-electron chi connectivity index (χ0n) is 16.6. The number of anilines is 2. The summed E-state index contributed by atoms with van der Waals surface area (Å²) in [5.74, 6) is 1.45. The molecule has 2 aromatic carbocycles. The monoisotopic (exact) mass is 398 g/mol. The van der Waals surface area contributed by atoms with Gasteiger partial charge < -0.3 is 15.6 Å². The second kappa shape index (κ2) is 8.57. The second-order valence-electron chi connectivity index (χ2n) is 6.67. The smallest absolute Gasteiger partial charge is 0.272 e. The minimum Gasteiger partial charge on any atom is -0.347 e. The van der Waals surface area contributed by atoms with Gasteiger partial charge in [-0.3, -0.25) is 4.79 Å². The summed E-state index contributed by atoms with van der Waals surface area (Å²) < 4.78 is 0. The second-order valence-corrected chi connectivity index (χ2v) is 6.67. The highest BCUT2D eigenvalue weighted by Gasteiger charge is 2.17. The number of fused-ring (bicyclic) bond motifs is 1. The number of H-pyrrole nitrogens is 1. The molecule has 30 heavy (non-hydrogen) atoms. The number of aromatic amines is 1. The number of amides is 1. The van der Waals surface area contributed by atoms with Crippen LogP contribution in [0.4, 0.5) is 11.8 Å². The summed E-state index contributed by atoms with van der Waals surface area (Å²) in [6, 6.07) is 17.6. The lowest BCUT2D eigenvalue weighted by molar-refractivity contribution is 0.0952. The van der Waals surface area contributed by atoms with E-state index in [-0.39, 0.29) is 5.91 Å². The van der Waals surface area contributed by atoms with E-state index in [4.69, 9.17) is 9.97 Å². The van der Waals surface area contributed by atoms with Gasteiger partial charge in [-0.25, -0.2) is 15.0 Å². The van der Waals surface area contributed by atoms with Crippen LogP contribution in [0.15, 0.2) is 67.3 Å². The Bertz CT molecular complexity index is 1200. The lowest BCUT2D eigenvalue weighted by atomic mass is 10.2. The maximum Gasteiger partial charge on any atom is 0.272 e. The predicted octanol–water partition coefficient (Wildman–Crippen LogP) is 4.24. The summed E-state index contributed by atoms with van der Waals surface area (Å²) in [7, 11) is 0. The molecule has 1 amide bonds. The number of aryl methyl sites for hydroxylation is 1. The van der Waals surface area contributed by atoms with Gasteiger partial charge in [0.15, 0.2) is 11.5 Å². The molecule has 4 aromatic rings. The van der Waals surface area contributed by atoms with E-state index in [9.17, 15) is 4.79 Å². The molecule has 150 valence electrons. The minimum atomic E-state index is -0.242. The van der Waals surface area contributed by atoms with Crippen molar-refractivity contribution in [1.29, 1.82) is 0 Å². The van der Waals surface area contributed by atoms with Gasteiger partial charge in [-0.15, -0.1) is 6.58 Å². The first-order chi connectivity index (χ1) is 14.7. The first-order valence-corrected chi connectivity index (χ1v) is 9.76. The molecule has 0 unspecified atom stereocenters. The molecule has 0 radical (unpaired) electrons. The van der Waals surface area contributed by atoms with Crippen LogP contribution in [0.2, 0.25) is 0 Å². The van der Waals surface area contributed by atoms with E-state index in [1.807, 2.05) is 61.5 Å². The molecular weight excluding hydrogens is 376 g/mol. The third kappa shape index (κ3) is 3.91. The normalized spacial score (nSPS) is 10.7. The predicted molar refractivity (Wildman–Crippen MR) is 119 cm³/mol. The van der Waals surface area contributed by atoms with Crippen molar-refractivity contribution in [2.45, 2.75) is 13.3 Å². The number of para-hydroxylation sites is 1. The number of carbonyl (C=O) groups is 1. The van der Waals surface area contributed by atoms with Gasteiger partial charge in [0.25, 0.3) is 5.91 Å². The maximum atomic E-state index is 12.4. The zero-order chi connectivity index (χ0) is 20.9. The van der Waals surface area contributed by atoms with Crippen LogP contribution in [0, 0.1) is 0 Å². The molecule has 0 bridgehead atoms. The highest BCUT2D eigenvalue weighted by molar-refractivity contribution is 5.95. The minimum absolute atomic E-state index is 0.242. The zero-order valence-corrected chi connectivity index (χ0v) is 16.6. The molecule has 0 aliphatic heterocycles. The van der Waals surface area contributed by atoms with Crippen molar-refractivity contribution < 1.29 is 4.79 Å². The first kappa shape index (κ1) is 19.3. The summed E-state index contributed by atoms with van der Waals surface area (Å²) >= 11 is 0. The Hall–Kier alpha value is -4.00. The standard InChI is InChI=1S/C23H22N6O/c1-3-14-24-22(30)19-17(4-2)26-23(27-19)29-21-16-12-8-9-13-18(16)25-20(28-21)15-10-6-5-7-11-15/h3,5-13H,1,4,14H2,2H3,(H,24,30)(H2,25,26,27,28,29). The van der Waals surface area contributed by atoms with Gasteiger partial charge in [0.05, 0.1) is 5.52 Å². The van der Waals surface area contributed by atoms with E-state index in [1.54, 1.807) is 6.08 Å². The van der Waals surface area contributed by atoms with Crippen LogP contribution in [0.5, 0.6) is 0 Å². The Balaban J connectivity index is 1.74. The Morgan fingerprint density at radius 3 is 2.60 bits per heavy atom. The summed E-state index contributed by atoms with van der Waals surface area (Å²) in [6.45, 7) is 5.97. The Morgan fingerprint density at radius 1 is 1.07 bits per heavy atom. The number of nitrogens with zero attached hydrogens (tertiary/aromatic N) is 3. The van der Waals surface area contributed by atoms with Gasteiger partial charge in [-0.05, 0) is 18.6 Å². The molecule has 0 saturated heterocycles. The first-order valence-electron chi connectivity index (χ1n) is 9.76. The largest absolute Gasteiger partial charge is 0.347 e. The molecular formula is C23H22N6O. The van der Waals surface area contributed by atoms with Crippen molar-refractivity contribution in [3.05, 3.63) is 78.6 Å². The van der Waals surface area contributed by atoms with Crippen LogP contribution < -0.4 is 10.6 Å². The van der Waals surface area contributed by atoms with E-state index in [0.29, 0.717) is 36.3 Å². The molecule has 4 rings (SSSR count). The number of hydrogen-bond donors (Lipinski definition) is 3. The third-order valence-electron chi connectivity index (χ3n) is 4.63. The number of aromatic nitrogens is 4. The van der Waals surface area contributed by atoms with Gasteiger partial charge in [0.1, 0.15) is 5.82 Å². The summed E-state index contributed by atoms with van der Waals surface area (Å²) in [4.78, 5) is 29.5. The number of rotatable bonds is 7. The molecule has 0 atom stereocenters. The van der Waals surface area contributed by atoms with Gasteiger partial charge >= 0.3 is 0 Å². The fourth-order valence-corrected chi connectivity index (χ4v) is 3.16. The van der Waals surface area contributed by atoms with Crippen molar-refractivity contribution in [3.8, 4) is 11.4 Å². The van der Waals surface area contributed by atoms with Crippen molar-refractivity contribution in [2.75, 3.05) is 11.9 Å². The Kier molecular flexibility index (Phi) is 5.52. The van der Waals surface area contributed by atoms with E-state index in [0.717, 1.165) is 22.2 Å². The molecule has 0 saturated carbocycles. The van der Waals surface area contributed by atoms with Crippen LogP contribution >= 0.6 is 0 Å². The SMILES string of the molecule is C=CCNC(=O)c1nc(Nc2nc(-c3ccccc3)nc3ccccc23)[nH]c1CC. The molecule has 0 aliphatic rings.